The van der Waals surface area contributed by atoms with Gasteiger partial charge in [0.05, 0.1) is 17.9 Å². The second-order valence-corrected chi connectivity index (χ2v) is 11.5. The highest BCUT2D eigenvalue weighted by atomic mass is 19.1. The van der Waals surface area contributed by atoms with Crippen LogP contribution in [0.4, 0.5) is 15.8 Å². The van der Waals surface area contributed by atoms with Crippen LogP contribution in [0.5, 0.6) is 5.88 Å². The smallest absolute Gasteiger partial charge is 0.282 e. The van der Waals surface area contributed by atoms with Crippen molar-refractivity contribution in [1.82, 2.24) is 19.8 Å². The molecule has 2 saturated heterocycles. The van der Waals surface area contributed by atoms with E-state index in [1.807, 2.05) is 31.5 Å². The number of fused-ring (bicyclic) bond motifs is 2. The van der Waals surface area contributed by atoms with Gasteiger partial charge in [0, 0.05) is 72.7 Å². The van der Waals surface area contributed by atoms with Crippen LogP contribution in [0.15, 0.2) is 49.1 Å². The largest absolute Gasteiger partial charge is 0.475 e. The monoisotopic (exact) mass is 569 g/mol. The predicted octanol–water partition coefficient (Wildman–Crippen LogP) is 4.06. The number of halogens is 1. The van der Waals surface area contributed by atoms with Crippen molar-refractivity contribution in [1.29, 1.82) is 5.26 Å². The zero-order valence-corrected chi connectivity index (χ0v) is 24.2. The average Bonchev–Trinajstić information content (AvgIpc) is 3.42. The molecule has 0 N–H and O–H groups in total. The Morgan fingerprint density at radius 2 is 2.07 bits per heavy atom. The number of nitriles is 1. The van der Waals surface area contributed by atoms with Crippen molar-refractivity contribution in [2.45, 2.75) is 44.8 Å². The summed E-state index contributed by atoms with van der Waals surface area (Å²) in [5.74, 6) is -1.27. The third-order valence-corrected chi connectivity index (χ3v) is 8.92. The quantitative estimate of drug-likeness (QED) is 0.411. The summed E-state index contributed by atoms with van der Waals surface area (Å²) in [6, 6.07) is 10.7. The molecule has 0 saturated carbocycles. The molecule has 42 heavy (non-hydrogen) atoms. The number of carbonyl (C=O) groups is 1. The molecular formula is C32H36FN7O2. The van der Waals surface area contributed by atoms with Gasteiger partial charge < -0.3 is 24.3 Å². The van der Waals surface area contributed by atoms with Crippen LogP contribution < -0.4 is 14.5 Å². The predicted molar refractivity (Wildman–Crippen MR) is 160 cm³/mol. The maximum atomic E-state index is 13.7. The van der Waals surface area contributed by atoms with Crippen molar-refractivity contribution in [3.8, 4) is 11.9 Å². The average molecular weight is 570 g/mol. The van der Waals surface area contributed by atoms with Gasteiger partial charge in [0.25, 0.3) is 5.91 Å². The van der Waals surface area contributed by atoms with Crippen molar-refractivity contribution in [3.05, 3.63) is 65.9 Å². The van der Waals surface area contributed by atoms with Crippen molar-refractivity contribution in [2.75, 3.05) is 56.2 Å². The number of anilines is 2. The second kappa shape index (κ2) is 11.6. The van der Waals surface area contributed by atoms with E-state index in [4.69, 9.17) is 9.72 Å². The number of pyridine rings is 2. The lowest BCUT2D eigenvalue weighted by Gasteiger charge is -2.42. The molecule has 6 rings (SSSR count). The Kier molecular flexibility index (Phi) is 7.69. The highest BCUT2D eigenvalue weighted by Gasteiger charge is 2.35. The summed E-state index contributed by atoms with van der Waals surface area (Å²) >= 11 is 0. The van der Waals surface area contributed by atoms with E-state index >= 15 is 0 Å². The van der Waals surface area contributed by atoms with E-state index in [1.54, 1.807) is 0 Å². The van der Waals surface area contributed by atoms with Crippen molar-refractivity contribution in [2.24, 2.45) is 0 Å². The van der Waals surface area contributed by atoms with Gasteiger partial charge in [0.1, 0.15) is 18.2 Å². The molecule has 3 aliphatic heterocycles. The summed E-state index contributed by atoms with van der Waals surface area (Å²) in [7, 11) is 2.10. The van der Waals surface area contributed by atoms with E-state index in [0.717, 1.165) is 59.3 Å². The summed E-state index contributed by atoms with van der Waals surface area (Å²) in [6.07, 6.45) is 6.57. The molecule has 1 unspecified atom stereocenters. The Morgan fingerprint density at radius 3 is 2.81 bits per heavy atom. The highest BCUT2D eigenvalue weighted by molar-refractivity contribution is 5.94. The molecule has 2 aromatic heterocycles. The van der Waals surface area contributed by atoms with Gasteiger partial charge in [-0.25, -0.2) is 9.37 Å². The van der Waals surface area contributed by atoms with Gasteiger partial charge in [-0.3, -0.25) is 9.78 Å². The molecule has 9 nitrogen and oxygen atoms in total. The number of hydrogen-bond donors (Lipinski definition) is 0. The van der Waals surface area contributed by atoms with Crippen LogP contribution in [0.2, 0.25) is 0 Å². The van der Waals surface area contributed by atoms with E-state index in [-0.39, 0.29) is 12.1 Å². The number of amides is 1. The molecule has 1 amide bonds. The van der Waals surface area contributed by atoms with Gasteiger partial charge >= 0.3 is 0 Å². The minimum Gasteiger partial charge on any atom is -0.475 e. The number of likely N-dealkylation sites (N-methyl/N-ethyl adjacent to an activating group) is 1. The van der Waals surface area contributed by atoms with E-state index < -0.39 is 11.7 Å². The Labute approximate surface area is 245 Å². The molecule has 0 aliphatic carbocycles. The fourth-order valence-corrected chi connectivity index (χ4v) is 6.66. The normalized spacial score (nSPS) is 20.9. The van der Waals surface area contributed by atoms with Crippen molar-refractivity contribution < 1.29 is 13.9 Å². The zero-order chi connectivity index (χ0) is 29.4. The van der Waals surface area contributed by atoms with E-state index in [9.17, 15) is 14.4 Å². The molecule has 3 aromatic rings. The van der Waals surface area contributed by atoms with Gasteiger partial charge in [-0.15, -0.1) is 0 Å². The Balaban J connectivity index is 1.37. The summed E-state index contributed by atoms with van der Waals surface area (Å²) < 4.78 is 20.1. The summed E-state index contributed by atoms with van der Waals surface area (Å²) in [6.45, 7) is 9.21. The Hall–Kier alpha value is -4.23. The van der Waals surface area contributed by atoms with Crippen LogP contribution in [0.1, 0.15) is 36.6 Å². The van der Waals surface area contributed by atoms with Crippen molar-refractivity contribution in [3.63, 3.8) is 0 Å². The van der Waals surface area contributed by atoms with Crippen LogP contribution in [-0.2, 0) is 17.8 Å². The van der Waals surface area contributed by atoms with Gasteiger partial charge in [0.2, 0.25) is 5.88 Å². The molecule has 1 aromatic carbocycles. The van der Waals surface area contributed by atoms with Gasteiger partial charge in [0.15, 0.2) is 5.83 Å². The number of hydrogen-bond acceptors (Lipinski definition) is 8. The van der Waals surface area contributed by atoms with Crippen LogP contribution >= 0.6 is 0 Å². The number of rotatable bonds is 6. The molecule has 10 heteroatoms. The number of benzene rings is 1. The number of nitrogens with zero attached hydrogens (tertiary/aromatic N) is 7. The van der Waals surface area contributed by atoms with Gasteiger partial charge in [-0.2, -0.15) is 5.26 Å². The summed E-state index contributed by atoms with van der Waals surface area (Å²) in [4.78, 5) is 30.0. The van der Waals surface area contributed by atoms with Crippen LogP contribution in [-0.4, -0.2) is 84.1 Å². The molecule has 0 bridgehead atoms. The number of carbonyl (C=O) groups excluding carboxylic acids is 1. The number of likely N-dealkylation sites (tertiary alicyclic amines) is 1. The van der Waals surface area contributed by atoms with Crippen LogP contribution in [0, 0.1) is 11.3 Å². The SMILES string of the molecule is C=C(F)C(=O)N1CCN(c2c(C#N)c(OCC3CCCN3C)nc3c2CCN(c2cccc4cnccc24)C3)C[C@@H]1C. The third-order valence-electron chi connectivity index (χ3n) is 8.92. The molecular weight excluding hydrogens is 533 g/mol. The molecule has 2 atom stereocenters. The minimum absolute atomic E-state index is 0.255. The maximum Gasteiger partial charge on any atom is 0.282 e. The van der Waals surface area contributed by atoms with Crippen LogP contribution in [0.25, 0.3) is 10.8 Å². The van der Waals surface area contributed by atoms with E-state index in [0.29, 0.717) is 50.7 Å². The first-order valence-corrected chi connectivity index (χ1v) is 14.6. The lowest BCUT2D eigenvalue weighted by molar-refractivity contribution is -0.131. The first-order valence-electron chi connectivity index (χ1n) is 14.6. The van der Waals surface area contributed by atoms with E-state index in [2.05, 4.69) is 51.5 Å². The summed E-state index contributed by atoms with van der Waals surface area (Å²) in [5.41, 5.74) is 4.31. The Bertz CT molecular complexity index is 1570. The molecule has 3 aliphatic rings. The molecule has 0 spiro atoms. The zero-order valence-electron chi connectivity index (χ0n) is 24.2. The molecule has 5 heterocycles. The highest BCUT2D eigenvalue weighted by Crippen LogP contribution is 2.39. The van der Waals surface area contributed by atoms with Gasteiger partial charge in [-0.05, 0) is 51.9 Å². The first kappa shape index (κ1) is 27.9. The van der Waals surface area contributed by atoms with E-state index in [1.165, 1.54) is 4.90 Å². The maximum absolute atomic E-state index is 13.7. The molecule has 2 fully saturated rings. The fourth-order valence-electron chi connectivity index (χ4n) is 6.66. The molecule has 0 radical (unpaired) electrons. The summed E-state index contributed by atoms with van der Waals surface area (Å²) in [5, 5.41) is 12.7. The lowest BCUT2D eigenvalue weighted by atomic mass is 9.96. The number of piperazine rings is 1. The Morgan fingerprint density at radius 1 is 1.21 bits per heavy atom. The van der Waals surface area contributed by atoms with Gasteiger partial charge in [-0.1, -0.05) is 18.7 Å². The number of ether oxygens (including phenoxy) is 1. The third kappa shape index (κ3) is 5.13. The number of aromatic nitrogens is 2. The topological polar surface area (TPSA) is 88.8 Å². The molecule has 218 valence electrons. The second-order valence-electron chi connectivity index (χ2n) is 11.5. The first-order chi connectivity index (χ1) is 20.4. The standard InChI is InChI=1S/C32H36FN7O2/c1-21-18-39(14-15-40(21)32(41)22(2)33)30-26-10-13-38(29-8-4-6-23-17-35-11-9-25(23)29)19-28(26)36-31(27(30)16-34)42-20-24-7-5-12-37(24)3/h4,6,8-9,11,17,21,24H,2,5,7,10,12-15,18-20H2,1,3H3/t21-,24?/m0/s1. The minimum atomic E-state index is -0.953. The lowest BCUT2D eigenvalue weighted by Crippen LogP contribution is -2.54. The fraction of sp³-hybridized carbons (Fsp3) is 0.438. The van der Waals surface area contributed by atoms with Crippen LogP contribution in [0.3, 0.4) is 0 Å². The van der Waals surface area contributed by atoms with Crippen molar-refractivity contribution >= 4 is 28.1 Å².